The summed E-state index contributed by atoms with van der Waals surface area (Å²) in [6.45, 7) is 1.96. The number of para-hydroxylation sites is 2. The van der Waals surface area contributed by atoms with Crippen LogP contribution in [0.1, 0.15) is 21.6 Å². The highest BCUT2D eigenvalue weighted by atomic mass is 32.2. The lowest BCUT2D eigenvalue weighted by Crippen LogP contribution is -2.01. The summed E-state index contributed by atoms with van der Waals surface area (Å²) in [5, 5.41) is 0.909. The summed E-state index contributed by atoms with van der Waals surface area (Å²) in [4.78, 5) is 20.9. The van der Waals surface area contributed by atoms with Crippen molar-refractivity contribution in [2.24, 2.45) is 0 Å². The summed E-state index contributed by atoms with van der Waals surface area (Å²) in [6.07, 6.45) is 0. The van der Waals surface area contributed by atoms with Gasteiger partial charge in [0.2, 0.25) is 0 Å². The van der Waals surface area contributed by atoms with Gasteiger partial charge in [0.1, 0.15) is 5.03 Å². The summed E-state index contributed by atoms with van der Waals surface area (Å²) in [5.74, 6) is 0.400. The highest BCUT2D eigenvalue weighted by Gasteiger charge is 2.08. The Morgan fingerprint density at radius 2 is 1.83 bits per heavy atom. The topological polar surface area (TPSA) is 52.1 Å². The van der Waals surface area contributed by atoms with Crippen LogP contribution in [0.25, 0.3) is 11.0 Å². The summed E-state index contributed by atoms with van der Waals surface area (Å²) < 4.78 is 4.75. The van der Waals surface area contributed by atoms with Crippen LogP contribution in [0.4, 0.5) is 0 Å². The van der Waals surface area contributed by atoms with Gasteiger partial charge in [-0.2, -0.15) is 0 Å². The third-order valence-electron chi connectivity index (χ3n) is 3.43. The predicted molar refractivity (Wildman–Crippen MR) is 91.6 cm³/mol. The molecule has 0 aliphatic carbocycles. The quantitative estimate of drug-likeness (QED) is 0.536. The number of rotatable bonds is 4. The van der Waals surface area contributed by atoms with Crippen LogP contribution in [0.5, 0.6) is 0 Å². The molecule has 23 heavy (non-hydrogen) atoms. The normalized spacial score (nSPS) is 10.7. The lowest BCUT2D eigenvalue weighted by atomic mass is 10.1. The third-order valence-corrected chi connectivity index (χ3v) is 4.56. The number of carbonyl (C=O) groups excluding carboxylic acids is 1. The van der Waals surface area contributed by atoms with Crippen molar-refractivity contribution in [3.8, 4) is 0 Å². The molecule has 0 unspecified atom stereocenters. The monoisotopic (exact) mass is 324 g/mol. The molecule has 1 aromatic heterocycles. The maximum Gasteiger partial charge on any atom is 0.337 e. The molecule has 0 saturated heterocycles. The van der Waals surface area contributed by atoms with Crippen LogP contribution < -0.4 is 0 Å². The van der Waals surface area contributed by atoms with Gasteiger partial charge in [0.05, 0.1) is 29.4 Å². The van der Waals surface area contributed by atoms with Gasteiger partial charge in [-0.1, -0.05) is 36.0 Å². The van der Waals surface area contributed by atoms with Crippen molar-refractivity contribution in [3.05, 3.63) is 65.4 Å². The number of hydrogen-bond acceptors (Lipinski definition) is 5. The van der Waals surface area contributed by atoms with E-state index in [0.717, 1.165) is 33.1 Å². The first-order chi connectivity index (χ1) is 11.2. The number of fused-ring (bicyclic) bond motifs is 1. The Morgan fingerprint density at radius 1 is 1.09 bits per heavy atom. The zero-order valence-electron chi connectivity index (χ0n) is 12.9. The average molecular weight is 324 g/mol. The molecule has 0 bridgehead atoms. The molecule has 0 amide bonds. The Labute approximate surface area is 138 Å². The van der Waals surface area contributed by atoms with Gasteiger partial charge in [-0.05, 0) is 36.8 Å². The maximum absolute atomic E-state index is 11.6. The fraction of sp³-hybridized carbons (Fsp3) is 0.167. The fourth-order valence-electron chi connectivity index (χ4n) is 2.27. The molecule has 0 atom stereocenters. The molecule has 0 saturated carbocycles. The second-order valence-corrected chi connectivity index (χ2v) is 6.05. The standard InChI is InChI=1S/C18H16N2O2S/c1-12-17(20-16-9-4-3-8-15(16)19-12)23-11-13-6-5-7-14(10-13)18(21)22-2/h3-10H,11H2,1-2H3. The minimum atomic E-state index is -0.321. The van der Waals surface area contributed by atoms with Crippen LogP contribution in [0.3, 0.4) is 0 Å². The molecule has 3 rings (SSSR count). The largest absolute Gasteiger partial charge is 0.465 e. The van der Waals surface area contributed by atoms with Crippen LogP contribution in [-0.4, -0.2) is 23.0 Å². The Balaban J connectivity index is 1.80. The number of nitrogens with zero attached hydrogens (tertiary/aromatic N) is 2. The van der Waals surface area contributed by atoms with Gasteiger partial charge < -0.3 is 4.74 Å². The van der Waals surface area contributed by atoms with Crippen LogP contribution in [-0.2, 0) is 10.5 Å². The Morgan fingerprint density at radius 3 is 2.57 bits per heavy atom. The number of carbonyl (C=O) groups is 1. The molecule has 0 radical (unpaired) electrons. The van der Waals surface area contributed by atoms with Crippen molar-refractivity contribution in [1.29, 1.82) is 0 Å². The molecule has 2 aromatic carbocycles. The second kappa shape index (κ2) is 6.79. The molecule has 5 heteroatoms. The van der Waals surface area contributed by atoms with E-state index in [1.54, 1.807) is 17.8 Å². The van der Waals surface area contributed by atoms with Crippen molar-refractivity contribution in [1.82, 2.24) is 9.97 Å². The van der Waals surface area contributed by atoms with Gasteiger partial charge in [-0.25, -0.2) is 14.8 Å². The van der Waals surface area contributed by atoms with Crippen molar-refractivity contribution in [3.63, 3.8) is 0 Å². The molecular formula is C18H16N2O2S. The van der Waals surface area contributed by atoms with Gasteiger partial charge in [0.15, 0.2) is 0 Å². The molecule has 116 valence electrons. The molecule has 0 spiro atoms. The molecule has 0 fully saturated rings. The van der Waals surface area contributed by atoms with Crippen molar-refractivity contribution in [2.75, 3.05) is 7.11 Å². The summed E-state index contributed by atoms with van der Waals surface area (Å²) in [7, 11) is 1.39. The number of benzene rings is 2. The Hall–Kier alpha value is -2.40. The highest BCUT2D eigenvalue weighted by molar-refractivity contribution is 7.98. The number of aromatic nitrogens is 2. The van der Waals surface area contributed by atoms with E-state index in [4.69, 9.17) is 4.74 Å². The minimum absolute atomic E-state index is 0.321. The fourth-order valence-corrected chi connectivity index (χ4v) is 3.17. The molecule has 4 nitrogen and oxygen atoms in total. The number of methoxy groups -OCH3 is 1. The van der Waals surface area contributed by atoms with Crippen LogP contribution >= 0.6 is 11.8 Å². The first-order valence-corrected chi connectivity index (χ1v) is 8.19. The Bertz CT molecular complexity index is 865. The molecule has 0 aliphatic heterocycles. The molecule has 0 aliphatic rings. The summed E-state index contributed by atoms with van der Waals surface area (Å²) in [5.41, 5.74) is 4.32. The van der Waals surface area contributed by atoms with Gasteiger partial charge in [0, 0.05) is 5.75 Å². The van der Waals surface area contributed by atoms with E-state index < -0.39 is 0 Å². The lowest BCUT2D eigenvalue weighted by molar-refractivity contribution is 0.0600. The smallest absolute Gasteiger partial charge is 0.337 e. The van der Waals surface area contributed by atoms with Crippen LogP contribution in [0.2, 0.25) is 0 Å². The van der Waals surface area contributed by atoms with Crippen molar-refractivity contribution >= 4 is 28.8 Å². The zero-order chi connectivity index (χ0) is 16.2. The van der Waals surface area contributed by atoms with Gasteiger partial charge in [-0.3, -0.25) is 0 Å². The predicted octanol–water partition coefficient (Wildman–Crippen LogP) is 4.02. The van der Waals surface area contributed by atoms with Gasteiger partial charge in [-0.15, -0.1) is 0 Å². The van der Waals surface area contributed by atoms with Gasteiger partial charge in [0.25, 0.3) is 0 Å². The maximum atomic E-state index is 11.6. The minimum Gasteiger partial charge on any atom is -0.465 e. The summed E-state index contributed by atoms with van der Waals surface area (Å²) >= 11 is 1.62. The number of esters is 1. The van der Waals surface area contributed by atoms with E-state index >= 15 is 0 Å². The third kappa shape index (κ3) is 3.51. The molecule has 1 heterocycles. The van der Waals surface area contributed by atoms with Crippen LogP contribution in [0, 0.1) is 6.92 Å². The van der Waals surface area contributed by atoms with E-state index in [-0.39, 0.29) is 5.97 Å². The van der Waals surface area contributed by atoms with Gasteiger partial charge >= 0.3 is 5.97 Å². The van der Waals surface area contributed by atoms with E-state index in [1.165, 1.54) is 7.11 Å². The second-order valence-electron chi connectivity index (χ2n) is 5.08. The number of thioether (sulfide) groups is 1. The Kier molecular flexibility index (Phi) is 4.57. The lowest BCUT2D eigenvalue weighted by Gasteiger charge is -2.07. The molecular weight excluding hydrogens is 308 g/mol. The highest BCUT2D eigenvalue weighted by Crippen LogP contribution is 2.25. The van der Waals surface area contributed by atoms with E-state index in [2.05, 4.69) is 9.97 Å². The van der Waals surface area contributed by atoms with Crippen LogP contribution in [0.15, 0.2) is 53.6 Å². The molecule has 0 N–H and O–H groups in total. The van der Waals surface area contributed by atoms with E-state index in [9.17, 15) is 4.79 Å². The first kappa shape index (κ1) is 15.5. The van der Waals surface area contributed by atoms with Crippen molar-refractivity contribution < 1.29 is 9.53 Å². The first-order valence-electron chi connectivity index (χ1n) is 7.21. The number of ether oxygens (including phenoxy) is 1. The molecule has 3 aromatic rings. The number of hydrogen-bond donors (Lipinski definition) is 0. The van der Waals surface area contributed by atoms with E-state index in [1.807, 2.05) is 49.4 Å². The van der Waals surface area contributed by atoms with Crippen molar-refractivity contribution in [2.45, 2.75) is 17.7 Å². The number of aryl methyl sites for hydroxylation is 1. The zero-order valence-corrected chi connectivity index (χ0v) is 13.8. The summed E-state index contributed by atoms with van der Waals surface area (Å²) in [6, 6.07) is 15.3. The van der Waals surface area contributed by atoms with E-state index in [0.29, 0.717) is 5.56 Å². The average Bonchev–Trinajstić information content (AvgIpc) is 2.59. The SMILES string of the molecule is COC(=O)c1cccc(CSc2nc3ccccc3nc2C)c1.